The number of hydrogen-bond acceptors (Lipinski definition) is 8. The van der Waals surface area contributed by atoms with Crippen molar-refractivity contribution in [3.8, 4) is 0 Å². The van der Waals surface area contributed by atoms with Crippen LogP contribution in [0.5, 0.6) is 0 Å². The molecule has 44 heavy (non-hydrogen) atoms. The van der Waals surface area contributed by atoms with Crippen LogP contribution in [-0.4, -0.2) is 64.6 Å². The predicted molar refractivity (Wildman–Crippen MR) is 174 cm³/mol. The van der Waals surface area contributed by atoms with Gasteiger partial charge in [-0.15, -0.1) is 0 Å². The van der Waals surface area contributed by atoms with E-state index in [1.165, 1.54) is 44.9 Å². The zero-order chi connectivity index (χ0) is 32.4. The Morgan fingerprint density at radius 1 is 0.818 bits per heavy atom. The van der Waals surface area contributed by atoms with Gasteiger partial charge in [0, 0.05) is 25.2 Å². The molecule has 0 heterocycles. The maximum Gasteiger partial charge on any atom is 0.306 e. The smallest absolute Gasteiger partial charge is 0.306 e. The maximum absolute atomic E-state index is 12.4. The fourth-order valence-corrected chi connectivity index (χ4v) is 5.93. The number of carbonyl (C=O) groups excluding carboxylic acids is 3. The molecule has 8 nitrogen and oxygen atoms in total. The van der Waals surface area contributed by atoms with Crippen molar-refractivity contribution in [2.24, 2.45) is 11.8 Å². The third kappa shape index (κ3) is 19.6. The Balaban J connectivity index is 2.15. The quantitative estimate of drug-likeness (QED) is 0.0475. The molecule has 1 fully saturated rings. The van der Waals surface area contributed by atoms with Crippen LogP contribution in [0.4, 0.5) is 0 Å². The van der Waals surface area contributed by atoms with Gasteiger partial charge in [-0.3, -0.25) is 14.4 Å². The summed E-state index contributed by atoms with van der Waals surface area (Å²) in [7, 11) is 0. The van der Waals surface area contributed by atoms with Crippen LogP contribution >= 0.6 is 0 Å². The Morgan fingerprint density at radius 2 is 1.36 bits per heavy atom. The Hall–Kier alpha value is -1.77. The van der Waals surface area contributed by atoms with Gasteiger partial charge in [0.25, 0.3) is 0 Å². The van der Waals surface area contributed by atoms with Crippen molar-refractivity contribution in [1.29, 1.82) is 0 Å². The number of aliphatic hydroxyl groups is 3. The number of hydrogen-bond donors (Lipinski definition) is 3. The molecule has 0 radical (unpaired) electrons. The highest BCUT2D eigenvalue weighted by molar-refractivity contribution is 5.86. The van der Waals surface area contributed by atoms with Gasteiger partial charge in [-0.05, 0) is 31.6 Å². The Morgan fingerprint density at radius 3 is 1.98 bits per heavy atom. The van der Waals surface area contributed by atoms with Crippen molar-refractivity contribution < 1.29 is 39.2 Å². The van der Waals surface area contributed by atoms with Gasteiger partial charge in [0.2, 0.25) is 0 Å². The first-order valence-electron chi connectivity index (χ1n) is 17.8. The molecular weight excluding hydrogens is 560 g/mol. The molecular formula is C36H64O8. The van der Waals surface area contributed by atoms with Gasteiger partial charge in [-0.1, -0.05) is 122 Å². The van der Waals surface area contributed by atoms with Crippen LogP contribution in [0.15, 0.2) is 12.2 Å². The van der Waals surface area contributed by atoms with E-state index >= 15 is 0 Å². The van der Waals surface area contributed by atoms with Crippen molar-refractivity contribution in [3.63, 3.8) is 0 Å². The molecule has 1 rings (SSSR count). The number of unbranched alkanes of at least 4 members (excludes halogenated alkanes) is 14. The Bertz CT molecular complexity index is 782. The molecule has 3 N–H and O–H groups in total. The molecule has 1 saturated carbocycles. The predicted octanol–water partition coefficient (Wildman–Crippen LogP) is 7.15. The van der Waals surface area contributed by atoms with Crippen LogP contribution in [0.2, 0.25) is 0 Å². The topological polar surface area (TPSA) is 130 Å². The van der Waals surface area contributed by atoms with E-state index in [0.29, 0.717) is 19.3 Å². The lowest BCUT2D eigenvalue weighted by Crippen LogP contribution is -2.28. The fourth-order valence-electron chi connectivity index (χ4n) is 5.93. The molecule has 0 bridgehead atoms. The number of rotatable bonds is 28. The van der Waals surface area contributed by atoms with E-state index in [4.69, 9.17) is 9.47 Å². The van der Waals surface area contributed by atoms with Gasteiger partial charge < -0.3 is 24.8 Å². The highest BCUT2D eigenvalue weighted by Crippen LogP contribution is 2.34. The number of esters is 2. The number of aliphatic hydroxyl groups excluding tert-OH is 3. The Kier molecular flexibility index (Phi) is 24.2. The molecule has 256 valence electrons. The second kappa shape index (κ2) is 26.4. The zero-order valence-corrected chi connectivity index (χ0v) is 27.9. The number of Topliss-reactive ketones (excluding diaryl/α,β-unsaturated/α-hetero) is 1. The standard InChI is InChI=1S/C36H64O8/c1-3-5-7-8-9-10-11-12-13-18-22-35(41)43-28-30(27-37)44-36(42)23-19-15-14-17-21-31-32(34(40)26-33(31)39)25-24-29(38)20-16-6-4-2/h24-25,29-33,37-39H,3-23,26-28H2,1-2H3/b25-24+/t29-,30-,31+,32+,33-/m0/s1. The van der Waals surface area contributed by atoms with Crippen molar-refractivity contribution in [1.82, 2.24) is 0 Å². The molecule has 0 unspecified atom stereocenters. The van der Waals surface area contributed by atoms with Crippen LogP contribution in [0.3, 0.4) is 0 Å². The molecule has 5 atom stereocenters. The van der Waals surface area contributed by atoms with E-state index in [2.05, 4.69) is 13.8 Å². The number of ether oxygens (including phenoxy) is 2. The van der Waals surface area contributed by atoms with Gasteiger partial charge in [0.15, 0.2) is 6.10 Å². The van der Waals surface area contributed by atoms with E-state index in [-0.39, 0.29) is 43.0 Å². The summed E-state index contributed by atoms with van der Waals surface area (Å²) in [6, 6.07) is 0. The van der Waals surface area contributed by atoms with E-state index in [1.807, 2.05) is 0 Å². The summed E-state index contributed by atoms with van der Waals surface area (Å²) in [5.41, 5.74) is 0. The van der Waals surface area contributed by atoms with Crippen LogP contribution < -0.4 is 0 Å². The first-order chi connectivity index (χ1) is 21.3. The van der Waals surface area contributed by atoms with Gasteiger partial charge in [0.1, 0.15) is 12.4 Å². The molecule has 0 aromatic rings. The molecule has 1 aliphatic carbocycles. The number of ketones is 1. The SMILES string of the molecule is CCCCCCCCCCCCC(=O)OC[C@H](CO)OC(=O)CCCCCC[C@H]1[C@@H](O)CC(=O)[C@@H]1/C=C/[C@@H](O)CCCCC. The monoisotopic (exact) mass is 624 g/mol. The van der Waals surface area contributed by atoms with Crippen LogP contribution in [0.1, 0.15) is 155 Å². The molecule has 8 heteroatoms. The molecule has 1 aliphatic rings. The third-order valence-corrected chi connectivity index (χ3v) is 8.72. The summed E-state index contributed by atoms with van der Waals surface area (Å²) >= 11 is 0. The molecule has 0 aromatic heterocycles. The Labute approximate surface area is 267 Å². The zero-order valence-electron chi connectivity index (χ0n) is 27.9. The molecule has 0 amide bonds. The normalized spacial score (nSPS) is 19.8. The summed E-state index contributed by atoms with van der Waals surface area (Å²) in [5.74, 6) is -1.20. The average molecular weight is 625 g/mol. The average Bonchev–Trinajstić information content (AvgIpc) is 3.27. The largest absolute Gasteiger partial charge is 0.462 e. The summed E-state index contributed by atoms with van der Waals surface area (Å²) in [5, 5.41) is 30.1. The number of carbonyl (C=O) groups is 3. The highest BCUT2D eigenvalue weighted by Gasteiger charge is 2.39. The van der Waals surface area contributed by atoms with Crippen molar-refractivity contribution in [3.05, 3.63) is 12.2 Å². The van der Waals surface area contributed by atoms with Gasteiger partial charge in [-0.25, -0.2) is 0 Å². The minimum Gasteiger partial charge on any atom is -0.462 e. The highest BCUT2D eigenvalue weighted by atomic mass is 16.6. The minimum atomic E-state index is -0.851. The van der Waals surface area contributed by atoms with Gasteiger partial charge in [0.05, 0.1) is 18.8 Å². The van der Waals surface area contributed by atoms with Crippen LogP contribution in [-0.2, 0) is 23.9 Å². The second-order valence-corrected chi connectivity index (χ2v) is 12.7. The van der Waals surface area contributed by atoms with E-state index in [9.17, 15) is 29.7 Å². The fraction of sp³-hybridized carbons (Fsp3) is 0.861. The molecule has 0 aliphatic heterocycles. The lowest BCUT2D eigenvalue weighted by atomic mass is 9.88. The lowest BCUT2D eigenvalue weighted by Gasteiger charge is -2.19. The lowest BCUT2D eigenvalue weighted by molar-refractivity contribution is -0.161. The van der Waals surface area contributed by atoms with Crippen LogP contribution in [0, 0.1) is 11.8 Å². The maximum atomic E-state index is 12.4. The van der Waals surface area contributed by atoms with Crippen molar-refractivity contribution in [2.75, 3.05) is 13.2 Å². The van der Waals surface area contributed by atoms with E-state index in [0.717, 1.165) is 64.2 Å². The van der Waals surface area contributed by atoms with Crippen molar-refractivity contribution in [2.45, 2.75) is 173 Å². The molecule has 0 aromatic carbocycles. The van der Waals surface area contributed by atoms with Crippen LogP contribution in [0.25, 0.3) is 0 Å². The van der Waals surface area contributed by atoms with Gasteiger partial charge >= 0.3 is 11.9 Å². The van der Waals surface area contributed by atoms with E-state index in [1.54, 1.807) is 12.2 Å². The van der Waals surface area contributed by atoms with E-state index < -0.39 is 30.9 Å². The molecule has 0 saturated heterocycles. The third-order valence-electron chi connectivity index (χ3n) is 8.72. The second-order valence-electron chi connectivity index (χ2n) is 12.7. The first kappa shape index (κ1) is 40.3. The summed E-state index contributed by atoms with van der Waals surface area (Å²) in [6.45, 7) is 3.81. The first-order valence-corrected chi connectivity index (χ1v) is 17.8. The minimum absolute atomic E-state index is 0.0326. The summed E-state index contributed by atoms with van der Waals surface area (Å²) in [6.07, 6.45) is 21.7. The van der Waals surface area contributed by atoms with Crippen molar-refractivity contribution >= 4 is 17.7 Å². The number of allylic oxidation sites excluding steroid dienone is 1. The van der Waals surface area contributed by atoms with Gasteiger partial charge in [-0.2, -0.15) is 0 Å². The molecule has 0 spiro atoms. The summed E-state index contributed by atoms with van der Waals surface area (Å²) in [4.78, 5) is 36.7. The summed E-state index contributed by atoms with van der Waals surface area (Å²) < 4.78 is 10.5.